The minimum Gasteiger partial charge on any atom is -0.504 e. The lowest BCUT2D eigenvalue weighted by atomic mass is 9.82. The fourth-order valence-electron chi connectivity index (χ4n) is 2.98. The van der Waals surface area contributed by atoms with Gasteiger partial charge in [0.15, 0.2) is 23.1 Å². The van der Waals surface area contributed by atoms with Crippen molar-refractivity contribution in [1.29, 1.82) is 0 Å². The number of benzene rings is 3. The molecule has 122 valence electrons. The van der Waals surface area contributed by atoms with Gasteiger partial charge in [0.1, 0.15) is 5.75 Å². The smallest absolute Gasteiger partial charge is 0.198 e. The molecule has 1 aliphatic carbocycles. The Morgan fingerprint density at radius 3 is 2.00 bits per heavy atom. The largest absolute Gasteiger partial charge is 0.504 e. The number of fused-ring (bicyclic) bond motifs is 2. The number of nitrogen functional groups attached to an aromatic ring is 1. The van der Waals surface area contributed by atoms with Gasteiger partial charge in [-0.1, -0.05) is 42.5 Å². The van der Waals surface area contributed by atoms with E-state index in [4.69, 9.17) is 10.5 Å². The van der Waals surface area contributed by atoms with Gasteiger partial charge in [0.25, 0.3) is 0 Å². The summed E-state index contributed by atoms with van der Waals surface area (Å²) in [5, 5.41) is 10.6. The van der Waals surface area contributed by atoms with E-state index in [1.54, 1.807) is 48.5 Å². The maximum absolute atomic E-state index is 12.8. The molecule has 1 aliphatic rings. The van der Waals surface area contributed by atoms with Crippen molar-refractivity contribution < 1.29 is 19.4 Å². The summed E-state index contributed by atoms with van der Waals surface area (Å²) < 4.78 is 5.63. The zero-order valence-corrected chi connectivity index (χ0v) is 13.0. The Hall–Kier alpha value is -3.60. The van der Waals surface area contributed by atoms with Gasteiger partial charge in [0.05, 0.1) is 11.1 Å². The number of aromatic hydroxyl groups is 1. The third-order valence-corrected chi connectivity index (χ3v) is 4.14. The molecule has 0 bridgehead atoms. The summed E-state index contributed by atoms with van der Waals surface area (Å²) in [7, 11) is 0. The molecule has 4 rings (SSSR count). The number of ether oxygens (including phenoxy) is 1. The van der Waals surface area contributed by atoms with E-state index >= 15 is 0 Å². The average molecular weight is 331 g/mol. The topological polar surface area (TPSA) is 89.6 Å². The Kier molecular flexibility index (Phi) is 3.28. The summed E-state index contributed by atoms with van der Waals surface area (Å²) in [6.07, 6.45) is 0. The molecule has 0 atom stereocenters. The van der Waals surface area contributed by atoms with Crippen LogP contribution in [0.1, 0.15) is 31.8 Å². The molecule has 0 radical (unpaired) electrons. The van der Waals surface area contributed by atoms with E-state index < -0.39 is 5.78 Å². The van der Waals surface area contributed by atoms with Crippen LogP contribution in [0, 0.1) is 0 Å². The molecule has 0 heterocycles. The number of rotatable bonds is 2. The molecule has 3 aromatic carbocycles. The van der Waals surface area contributed by atoms with Gasteiger partial charge in [-0.25, -0.2) is 0 Å². The number of ketones is 2. The van der Waals surface area contributed by atoms with Crippen molar-refractivity contribution in [3.8, 4) is 17.2 Å². The van der Waals surface area contributed by atoms with E-state index in [-0.39, 0.29) is 45.2 Å². The number of carbonyl (C=O) groups excluding carboxylic acids is 2. The van der Waals surface area contributed by atoms with E-state index in [9.17, 15) is 14.7 Å². The first-order chi connectivity index (χ1) is 12.1. The average Bonchev–Trinajstić information content (AvgIpc) is 2.63. The first-order valence-electron chi connectivity index (χ1n) is 7.64. The maximum atomic E-state index is 12.8. The quantitative estimate of drug-likeness (QED) is 0.433. The SMILES string of the molecule is Nc1cc(Oc2ccccc2)c(O)c2c1C(=O)c1ccccc1C2=O. The van der Waals surface area contributed by atoms with Crippen LogP contribution in [0.5, 0.6) is 17.2 Å². The number of anilines is 1. The second-order valence-electron chi connectivity index (χ2n) is 5.68. The monoisotopic (exact) mass is 331 g/mol. The third kappa shape index (κ3) is 2.25. The summed E-state index contributed by atoms with van der Waals surface area (Å²) in [5.41, 5.74) is 6.52. The van der Waals surface area contributed by atoms with E-state index in [0.29, 0.717) is 5.75 Å². The van der Waals surface area contributed by atoms with Crippen LogP contribution in [0.15, 0.2) is 60.7 Å². The lowest BCUT2D eigenvalue weighted by molar-refractivity contribution is 0.0977. The van der Waals surface area contributed by atoms with Crippen molar-refractivity contribution in [2.75, 3.05) is 5.73 Å². The zero-order chi connectivity index (χ0) is 17.6. The first kappa shape index (κ1) is 15.0. The Labute approximate surface area is 143 Å². The van der Waals surface area contributed by atoms with Crippen molar-refractivity contribution in [2.24, 2.45) is 0 Å². The molecule has 25 heavy (non-hydrogen) atoms. The second kappa shape index (κ2) is 5.49. The standard InChI is InChI=1S/C20H13NO4/c21-14-10-15(25-11-6-2-1-3-7-11)20(24)17-16(14)18(22)12-8-4-5-9-13(12)19(17)23/h1-10,24H,21H2. The van der Waals surface area contributed by atoms with Crippen LogP contribution in [0.3, 0.4) is 0 Å². The van der Waals surface area contributed by atoms with Crippen LogP contribution in [0.2, 0.25) is 0 Å². The Balaban J connectivity index is 1.90. The van der Waals surface area contributed by atoms with E-state index in [0.717, 1.165) is 0 Å². The predicted octanol–water partition coefficient (Wildman–Crippen LogP) is 3.54. The van der Waals surface area contributed by atoms with Crippen molar-refractivity contribution in [1.82, 2.24) is 0 Å². The maximum Gasteiger partial charge on any atom is 0.198 e. The molecule has 3 N–H and O–H groups in total. The summed E-state index contributed by atoms with van der Waals surface area (Å²) in [5.74, 6) is -0.715. The second-order valence-corrected chi connectivity index (χ2v) is 5.68. The van der Waals surface area contributed by atoms with Crippen LogP contribution in [0.4, 0.5) is 5.69 Å². The molecule has 0 spiro atoms. The van der Waals surface area contributed by atoms with Crippen molar-refractivity contribution in [3.05, 3.63) is 82.9 Å². The summed E-state index contributed by atoms with van der Waals surface area (Å²) >= 11 is 0. The number of phenolic OH excluding ortho intramolecular Hbond substituents is 1. The normalized spacial score (nSPS) is 12.5. The van der Waals surface area contributed by atoms with Crippen molar-refractivity contribution in [3.63, 3.8) is 0 Å². The number of hydrogen-bond acceptors (Lipinski definition) is 5. The van der Waals surface area contributed by atoms with Gasteiger partial charge in [-0.15, -0.1) is 0 Å². The lowest BCUT2D eigenvalue weighted by Crippen LogP contribution is -2.22. The Morgan fingerprint density at radius 2 is 1.36 bits per heavy atom. The number of para-hydroxylation sites is 1. The highest BCUT2D eigenvalue weighted by molar-refractivity contribution is 6.31. The molecule has 0 saturated heterocycles. The highest BCUT2D eigenvalue weighted by Gasteiger charge is 2.35. The molecule has 0 saturated carbocycles. The molecular formula is C20H13NO4. The van der Waals surface area contributed by atoms with Crippen molar-refractivity contribution >= 4 is 17.3 Å². The molecule has 0 fully saturated rings. The number of nitrogens with two attached hydrogens (primary N) is 1. The molecule has 3 aromatic rings. The van der Waals surface area contributed by atoms with Crippen LogP contribution in [-0.2, 0) is 0 Å². The summed E-state index contributed by atoms with van der Waals surface area (Å²) in [6.45, 7) is 0. The molecule has 0 aromatic heterocycles. The van der Waals surface area contributed by atoms with E-state index in [1.165, 1.54) is 6.07 Å². The Morgan fingerprint density at radius 1 is 0.800 bits per heavy atom. The van der Waals surface area contributed by atoms with E-state index in [1.807, 2.05) is 6.07 Å². The number of phenols is 1. The lowest BCUT2D eigenvalue weighted by Gasteiger charge is -2.21. The number of hydrogen-bond donors (Lipinski definition) is 2. The highest BCUT2D eigenvalue weighted by Crippen LogP contribution is 2.43. The van der Waals surface area contributed by atoms with Crippen LogP contribution in [0.25, 0.3) is 0 Å². The van der Waals surface area contributed by atoms with Gasteiger partial charge in [-0.05, 0) is 12.1 Å². The molecular weight excluding hydrogens is 318 g/mol. The fraction of sp³-hybridized carbons (Fsp3) is 0. The minimum atomic E-state index is -0.451. The van der Waals surface area contributed by atoms with Gasteiger partial charge in [-0.3, -0.25) is 9.59 Å². The molecule has 0 aliphatic heterocycles. The molecule has 5 heteroatoms. The first-order valence-corrected chi connectivity index (χ1v) is 7.64. The van der Waals surface area contributed by atoms with Crippen LogP contribution >= 0.6 is 0 Å². The van der Waals surface area contributed by atoms with E-state index in [2.05, 4.69) is 0 Å². The fourth-order valence-corrected chi connectivity index (χ4v) is 2.98. The predicted molar refractivity (Wildman–Crippen MR) is 92.3 cm³/mol. The summed E-state index contributed by atoms with van der Waals surface area (Å²) in [6, 6.07) is 16.6. The highest BCUT2D eigenvalue weighted by atomic mass is 16.5. The molecule has 5 nitrogen and oxygen atoms in total. The molecule has 0 unspecified atom stereocenters. The molecule has 0 amide bonds. The van der Waals surface area contributed by atoms with Gasteiger partial charge >= 0.3 is 0 Å². The number of carbonyl (C=O) groups is 2. The van der Waals surface area contributed by atoms with Gasteiger partial charge in [0, 0.05) is 22.9 Å². The Bertz CT molecular complexity index is 1030. The van der Waals surface area contributed by atoms with Crippen LogP contribution < -0.4 is 10.5 Å². The summed E-state index contributed by atoms with van der Waals surface area (Å²) in [4.78, 5) is 25.5. The third-order valence-electron chi connectivity index (χ3n) is 4.14. The van der Waals surface area contributed by atoms with Gasteiger partial charge < -0.3 is 15.6 Å². The minimum absolute atomic E-state index is 0.0154. The van der Waals surface area contributed by atoms with Gasteiger partial charge in [0.2, 0.25) is 0 Å². The van der Waals surface area contributed by atoms with Crippen LogP contribution in [-0.4, -0.2) is 16.7 Å². The van der Waals surface area contributed by atoms with Crippen molar-refractivity contribution in [2.45, 2.75) is 0 Å². The zero-order valence-electron chi connectivity index (χ0n) is 13.0. The van der Waals surface area contributed by atoms with Gasteiger partial charge in [-0.2, -0.15) is 0 Å².